The number of methoxy groups -OCH3 is 2. The van der Waals surface area contributed by atoms with Gasteiger partial charge in [0, 0.05) is 24.3 Å². The van der Waals surface area contributed by atoms with Crippen molar-refractivity contribution < 1.29 is 22.7 Å². The summed E-state index contributed by atoms with van der Waals surface area (Å²) in [7, 11) is 0.0214. The first-order valence-electron chi connectivity index (χ1n) is 7.40. The van der Waals surface area contributed by atoms with E-state index in [0.29, 0.717) is 30.2 Å². The van der Waals surface area contributed by atoms with Crippen LogP contribution in [-0.4, -0.2) is 57.7 Å². The summed E-state index contributed by atoms with van der Waals surface area (Å²) in [6, 6.07) is 4.48. The second kappa shape index (κ2) is 7.08. The Morgan fingerprint density at radius 3 is 2.52 bits per heavy atom. The number of nitrogens with one attached hydrogen (secondary N) is 1. The second-order valence-electron chi connectivity index (χ2n) is 5.34. The van der Waals surface area contributed by atoms with Crippen LogP contribution in [0.2, 0.25) is 0 Å². The van der Waals surface area contributed by atoms with E-state index >= 15 is 0 Å². The summed E-state index contributed by atoms with van der Waals surface area (Å²) >= 11 is 0. The molecule has 0 aromatic heterocycles. The summed E-state index contributed by atoms with van der Waals surface area (Å²) in [5, 5.41) is 2.78. The molecule has 1 aromatic carbocycles. The number of ether oxygens (including phenoxy) is 2. The third-order valence-corrected chi connectivity index (χ3v) is 5.64. The SMILES string of the molecule is CCN(C(=O)Nc1ccc(OC)c(OC)c1)C1CCS(=O)(=O)C1. The molecule has 1 aliphatic heterocycles. The first kappa shape index (κ1) is 17.4. The number of nitrogens with zero attached hydrogens (tertiary/aromatic N) is 1. The highest BCUT2D eigenvalue weighted by molar-refractivity contribution is 7.91. The molecular formula is C15H22N2O5S. The molecule has 1 aromatic rings. The van der Waals surface area contributed by atoms with Crippen LogP contribution >= 0.6 is 0 Å². The summed E-state index contributed by atoms with van der Waals surface area (Å²) < 4.78 is 33.6. The Bertz CT molecular complexity index is 674. The average Bonchev–Trinajstić information content (AvgIpc) is 2.87. The lowest BCUT2D eigenvalue weighted by Crippen LogP contribution is -2.43. The zero-order valence-electron chi connectivity index (χ0n) is 13.5. The van der Waals surface area contributed by atoms with Gasteiger partial charge in [-0.25, -0.2) is 13.2 Å². The van der Waals surface area contributed by atoms with E-state index in [1.807, 2.05) is 6.92 Å². The molecule has 23 heavy (non-hydrogen) atoms. The topological polar surface area (TPSA) is 84.9 Å². The van der Waals surface area contributed by atoms with E-state index in [9.17, 15) is 13.2 Å². The van der Waals surface area contributed by atoms with E-state index in [0.717, 1.165) is 0 Å². The van der Waals surface area contributed by atoms with Crippen molar-refractivity contribution in [2.24, 2.45) is 0 Å². The van der Waals surface area contributed by atoms with Crippen LogP contribution < -0.4 is 14.8 Å². The molecule has 2 rings (SSSR count). The predicted molar refractivity (Wildman–Crippen MR) is 88.0 cm³/mol. The first-order valence-corrected chi connectivity index (χ1v) is 9.22. The fourth-order valence-corrected chi connectivity index (χ4v) is 4.43. The highest BCUT2D eigenvalue weighted by Crippen LogP contribution is 2.30. The van der Waals surface area contributed by atoms with Gasteiger partial charge in [-0.15, -0.1) is 0 Å². The third-order valence-electron chi connectivity index (χ3n) is 3.89. The van der Waals surface area contributed by atoms with Crippen LogP contribution in [0.25, 0.3) is 0 Å². The second-order valence-corrected chi connectivity index (χ2v) is 7.57. The lowest BCUT2D eigenvalue weighted by Gasteiger charge is -2.27. The number of anilines is 1. The van der Waals surface area contributed by atoms with Crippen LogP contribution in [0.4, 0.5) is 10.5 Å². The Hall–Kier alpha value is -1.96. The van der Waals surface area contributed by atoms with E-state index in [4.69, 9.17) is 9.47 Å². The molecule has 1 unspecified atom stereocenters. The van der Waals surface area contributed by atoms with E-state index in [-0.39, 0.29) is 23.6 Å². The van der Waals surface area contributed by atoms with Crippen molar-refractivity contribution in [2.45, 2.75) is 19.4 Å². The maximum atomic E-state index is 12.4. The Balaban J connectivity index is 2.11. The third kappa shape index (κ3) is 4.07. The normalized spacial score (nSPS) is 19.2. The maximum absolute atomic E-state index is 12.4. The van der Waals surface area contributed by atoms with Crippen molar-refractivity contribution in [3.05, 3.63) is 18.2 Å². The molecule has 1 aliphatic rings. The van der Waals surface area contributed by atoms with Crippen LogP contribution in [0.15, 0.2) is 18.2 Å². The largest absolute Gasteiger partial charge is 0.493 e. The minimum absolute atomic E-state index is 0.0280. The molecule has 8 heteroatoms. The lowest BCUT2D eigenvalue weighted by atomic mass is 10.2. The fourth-order valence-electron chi connectivity index (χ4n) is 2.70. The molecule has 128 valence electrons. The molecule has 0 bridgehead atoms. The van der Waals surface area contributed by atoms with Gasteiger partial charge in [0.05, 0.1) is 25.7 Å². The summed E-state index contributed by atoms with van der Waals surface area (Å²) in [6.45, 7) is 2.28. The van der Waals surface area contributed by atoms with Crippen LogP contribution in [0.1, 0.15) is 13.3 Å². The molecule has 1 fully saturated rings. The monoisotopic (exact) mass is 342 g/mol. The molecule has 0 radical (unpaired) electrons. The number of benzene rings is 1. The van der Waals surface area contributed by atoms with Gasteiger partial charge in [-0.2, -0.15) is 0 Å². The average molecular weight is 342 g/mol. The lowest BCUT2D eigenvalue weighted by molar-refractivity contribution is 0.197. The molecule has 0 spiro atoms. The molecule has 1 saturated heterocycles. The minimum atomic E-state index is -3.03. The van der Waals surface area contributed by atoms with Crippen molar-refractivity contribution in [3.63, 3.8) is 0 Å². The number of carbonyl (C=O) groups excluding carboxylic acids is 1. The zero-order chi connectivity index (χ0) is 17.0. The van der Waals surface area contributed by atoms with Gasteiger partial charge < -0.3 is 19.7 Å². The van der Waals surface area contributed by atoms with Crippen LogP contribution in [0, 0.1) is 0 Å². The molecule has 2 amide bonds. The van der Waals surface area contributed by atoms with E-state index < -0.39 is 9.84 Å². The van der Waals surface area contributed by atoms with Crippen molar-refractivity contribution >= 4 is 21.6 Å². The van der Waals surface area contributed by atoms with Gasteiger partial charge in [-0.1, -0.05) is 0 Å². The van der Waals surface area contributed by atoms with Gasteiger partial charge in [0.1, 0.15) is 0 Å². The zero-order valence-corrected chi connectivity index (χ0v) is 14.4. The number of hydrogen-bond acceptors (Lipinski definition) is 5. The molecule has 0 saturated carbocycles. The van der Waals surface area contributed by atoms with Gasteiger partial charge in [0.2, 0.25) is 0 Å². The fraction of sp³-hybridized carbons (Fsp3) is 0.533. The molecular weight excluding hydrogens is 320 g/mol. The Kier molecular flexibility index (Phi) is 5.35. The first-order chi connectivity index (χ1) is 10.9. The summed E-state index contributed by atoms with van der Waals surface area (Å²) in [6.07, 6.45) is 0.482. The van der Waals surface area contributed by atoms with E-state index in [2.05, 4.69) is 5.32 Å². The summed E-state index contributed by atoms with van der Waals surface area (Å²) in [4.78, 5) is 14.0. The highest BCUT2D eigenvalue weighted by atomic mass is 32.2. The van der Waals surface area contributed by atoms with Crippen molar-refractivity contribution in [2.75, 3.05) is 37.6 Å². The smallest absolute Gasteiger partial charge is 0.322 e. The van der Waals surface area contributed by atoms with Gasteiger partial charge in [0.15, 0.2) is 21.3 Å². The molecule has 0 aliphatic carbocycles. The van der Waals surface area contributed by atoms with Crippen LogP contribution in [0.5, 0.6) is 11.5 Å². The standard InChI is InChI=1S/C15H22N2O5S/c1-4-17(12-7-8-23(19,20)10-12)15(18)16-11-5-6-13(21-2)14(9-11)22-3/h5-6,9,12H,4,7-8,10H2,1-3H3,(H,16,18). The molecule has 7 nitrogen and oxygen atoms in total. The van der Waals surface area contributed by atoms with Gasteiger partial charge in [0.25, 0.3) is 0 Å². The van der Waals surface area contributed by atoms with Crippen molar-refractivity contribution in [1.29, 1.82) is 0 Å². The van der Waals surface area contributed by atoms with Crippen LogP contribution in [0.3, 0.4) is 0 Å². The van der Waals surface area contributed by atoms with Crippen LogP contribution in [-0.2, 0) is 9.84 Å². The number of hydrogen-bond donors (Lipinski definition) is 1. The minimum Gasteiger partial charge on any atom is -0.493 e. The predicted octanol–water partition coefficient (Wildman–Crippen LogP) is 1.74. The number of amides is 2. The number of sulfone groups is 1. The van der Waals surface area contributed by atoms with Gasteiger partial charge in [-0.3, -0.25) is 0 Å². The molecule has 1 atom stereocenters. The Labute approximate surface area is 136 Å². The van der Waals surface area contributed by atoms with E-state index in [1.54, 1.807) is 23.1 Å². The van der Waals surface area contributed by atoms with E-state index in [1.165, 1.54) is 14.2 Å². The molecule has 1 heterocycles. The van der Waals surface area contributed by atoms with Gasteiger partial charge in [-0.05, 0) is 25.5 Å². The van der Waals surface area contributed by atoms with Crippen molar-refractivity contribution in [3.8, 4) is 11.5 Å². The number of urea groups is 1. The maximum Gasteiger partial charge on any atom is 0.322 e. The van der Waals surface area contributed by atoms with Crippen molar-refractivity contribution in [1.82, 2.24) is 4.90 Å². The summed E-state index contributed by atoms with van der Waals surface area (Å²) in [5.74, 6) is 1.24. The Morgan fingerprint density at radius 2 is 2.00 bits per heavy atom. The quantitative estimate of drug-likeness (QED) is 0.881. The number of carbonyl (C=O) groups is 1. The number of rotatable bonds is 5. The molecule has 1 N–H and O–H groups in total. The Morgan fingerprint density at radius 1 is 1.30 bits per heavy atom. The highest BCUT2D eigenvalue weighted by Gasteiger charge is 2.34. The summed E-state index contributed by atoms with van der Waals surface area (Å²) in [5.41, 5.74) is 0.562. The van der Waals surface area contributed by atoms with Gasteiger partial charge >= 0.3 is 6.03 Å².